The SMILES string of the molecule is Cc1cc(CNc2ccc(CCO)cc2)c(C)o1. The third-order valence-corrected chi connectivity index (χ3v) is 2.98. The van der Waals surface area contributed by atoms with Crippen molar-refractivity contribution in [2.24, 2.45) is 0 Å². The maximum Gasteiger partial charge on any atom is 0.106 e. The van der Waals surface area contributed by atoms with E-state index in [1.165, 1.54) is 5.56 Å². The Morgan fingerprint density at radius 1 is 1.17 bits per heavy atom. The van der Waals surface area contributed by atoms with Gasteiger partial charge in [0, 0.05) is 24.4 Å². The molecule has 0 aliphatic heterocycles. The Morgan fingerprint density at radius 3 is 2.44 bits per heavy atom. The summed E-state index contributed by atoms with van der Waals surface area (Å²) in [6.07, 6.45) is 0.709. The van der Waals surface area contributed by atoms with Crippen LogP contribution in [0.25, 0.3) is 0 Å². The summed E-state index contributed by atoms with van der Waals surface area (Å²) < 4.78 is 5.49. The van der Waals surface area contributed by atoms with Gasteiger partial charge in [-0.2, -0.15) is 0 Å². The topological polar surface area (TPSA) is 45.4 Å². The van der Waals surface area contributed by atoms with Gasteiger partial charge in [0.15, 0.2) is 0 Å². The standard InChI is InChI=1S/C15H19NO2/c1-11-9-14(12(2)18-11)10-16-15-5-3-13(4-6-15)7-8-17/h3-6,9,16-17H,7-8,10H2,1-2H3. The van der Waals surface area contributed by atoms with Gasteiger partial charge >= 0.3 is 0 Å². The molecule has 2 rings (SSSR count). The van der Waals surface area contributed by atoms with E-state index >= 15 is 0 Å². The van der Waals surface area contributed by atoms with Crippen LogP contribution in [-0.4, -0.2) is 11.7 Å². The van der Waals surface area contributed by atoms with Crippen LogP contribution in [0.2, 0.25) is 0 Å². The highest BCUT2D eigenvalue weighted by molar-refractivity contribution is 5.45. The number of aryl methyl sites for hydroxylation is 2. The van der Waals surface area contributed by atoms with Crippen LogP contribution in [-0.2, 0) is 13.0 Å². The fourth-order valence-corrected chi connectivity index (χ4v) is 1.97. The van der Waals surface area contributed by atoms with E-state index in [0.717, 1.165) is 29.3 Å². The second-order valence-corrected chi connectivity index (χ2v) is 4.46. The molecule has 2 N–H and O–H groups in total. The Kier molecular flexibility index (Phi) is 4.05. The quantitative estimate of drug-likeness (QED) is 0.851. The highest BCUT2D eigenvalue weighted by Crippen LogP contribution is 2.16. The van der Waals surface area contributed by atoms with Crippen LogP contribution in [0.15, 0.2) is 34.7 Å². The van der Waals surface area contributed by atoms with Gasteiger partial charge in [-0.1, -0.05) is 12.1 Å². The molecule has 3 heteroatoms. The molecular formula is C15H19NO2. The summed E-state index contributed by atoms with van der Waals surface area (Å²) in [4.78, 5) is 0. The van der Waals surface area contributed by atoms with Gasteiger partial charge in [-0.15, -0.1) is 0 Å². The lowest BCUT2D eigenvalue weighted by Crippen LogP contribution is -1.99. The summed E-state index contributed by atoms with van der Waals surface area (Å²) in [5.74, 6) is 1.92. The molecule has 3 nitrogen and oxygen atoms in total. The Labute approximate surface area is 107 Å². The monoisotopic (exact) mass is 245 g/mol. The van der Waals surface area contributed by atoms with Crippen LogP contribution >= 0.6 is 0 Å². The molecule has 1 aromatic carbocycles. The second kappa shape index (κ2) is 5.74. The van der Waals surface area contributed by atoms with Crippen molar-refractivity contribution in [3.63, 3.8) is 0 Å². The lowest BCUT2D eigenvalue weighted by molar-refractivity contribution is 0.299. The van der Waals surface area contributed by atoms with Crippen molar-refractivity contribution in [2.75, 3.05) is 11.9 Å². The molecule has 0 amide bonds. The first-order valence-electron chi connectivity index (χ1n) is 6.18. The summed E-state index contributed by atoms with van der Waals surface area (Å²) in [5.41, 5.74) is 3.42. The first-order valence-corrected chi connectivity index (χ1v) is 6.18. The number of furan rings is 1. The zero-order chi connectivity index (χ0) is 13.0. The lowest BCUT2D eigenvalue weighted by atomic mass is 10.1. The third-order valence-electron chi connectivity index (χ3n) is 2.98. The maximum absolute atomic E-state index is 8.85. The summed E-state index contributed by atoms with van der Waals surface area (Å²) in [6, 6.07) is 10.2. The van der Waals surface area contributed by atoms with E-state index in [-0.39, 0.29) is 6.61 Å². The van der Waals surface area contributed by atoms with Gasteiger partial charge in [0.2, 0.25) is 0 Å². The van der Waals surface area contributed by atoms with Crippen LogP contribution < -0.4 is 5.32 Å². The van der Waals surface area contributed by atoms with Gasteiger partial charge in [-0.05, 0) is 44.0 Å². The molecule has 0 fully saturated rings. The average Bonchev–Trinajstić information content (AvgIpc) is 2.67. The Balaban J connectivity index is 1.95. The highest BCUT2D eigenvalue weighted by atomic mass is 16.3. The lowest BCUT2D eigenvalue weighted by Gasteiger charge is -2.06. The summed E-state index contributed by atoms with van der Waals surface area (Å²) >= 11 is 0. The molecule has 18 heavy (non-hydrogen) atoms. The number of hydrogen-bond donors (Lipinski definition) is 2. The van der Waals surface area contributed by atoms with Gasteiger partial charge in [0.1, 0.15) is 11.5 Å². The van der Waals surface area contributed by atoms with Crippen molar-refractivity contribution in [2.45, 2.75) is 26.8 Å². The van der Waals surface area contributed by atoms with Crippen molar-refractivity contribution in [3.05, 3.63) is 53.0 Å². The van der Waals surface area contributed by atoms with E-state index in [9.17, 15) is 0 Å². The Morgan fingerprint density at radius 2 is 1.89 bits per heavy atom. The van der Waals surface area contributed by atoms with Crippen molar-refractivity contribution < 1.29 is 9.52 Å². The Bertz CT molecular complexity index is 500. The third kappa shape index (κ3) is 3.14. The van der Waals surface area contributed by atoms with Gasteiger partial charge in [-0.25, -0.2) is 0 Å². The fraction of sp³-hybridized carbons (Fsp3) is 0.333. The van der Waals surface area contributed by atoms with Gasteiger partial charge in [0.05, 0.1) is 0 Å². The molecule has 1 heterocycles. The van der Waals surface area contributed by atoms with Crippen LogP contribution in [0.3, 0.4) is 0 Å². The van der Waals surface area contributed by atoms with E-state index in [4.69, 9.17) is 9.52 Å². The first-order chi connectivity index (χ1) is 8.69. The molecule has 0 aliphatic rings. The normalized spacial score (nSPS) is 10.6. The molecule has 0 unspecified atom stereocenters. The number of aliphatic hydroxyl groups excluding tert-OH is 1. The molecule has 0 radical (unpaired) electrons. The second-order valence-electron chi connectivity index (χ2n) is 4.46. The zero-order valence-electron chi connectivity index (χ0n) is 10.9. The van der Waals surface area contributed by atoms with E-state index in [1.54, 1.807) is 0 Å². The minimum Gasteiger partial charge on any atom is -0.466 e. The van der Waals surface area contributed by atoms with E-state index in [2.05, 4.69) is 11.4 Å². The summed E-state index contributed by atoms with van der Waals surface area (Å²) in [5, 5.41) is 12.2. The average molecular weight is 245 g/mol. The smallest absolute Gasteiger partial charge is 0.106 e. The van der Waals surface area contributed by atoms with Gasteiger partial charge in [-0.3, -0.25) is 0 Å². The molecule has 96 valence electrons. The molecule has 1 aromatic heterocycles. The van der Waals surface area contributed by atoms with Crippen molar-refractivity contribution >= 4 is 5.69 Å². The molecule has 0 aliphatic carbocycles. The van der Waals surface area contributed by atoms with Crippen LogP contribution in [0, 0.1) is 13.8 Å². The van der Waals surface area contributed by atoms with Gasteiger partial charge < -0.3 is 14.8 Å². The molecule has 0 saturated carbocycles. The number of hydrogen-bond acceptors (Lipinski definition) is 3. The van der Waals surface area contributed by atoms with Crippen molar-refractivity contribution in [1.29, 1.82) is 0 Å². The summed E-state index contributed by atoms with van der Waals surface area (Å²) in [6.45, 7) is 4.90. The number of benzene rings is 1. The molecule has 0 atom stereocenters. The number of nitrogens with one attached hydrogen (secondary N) is 1. The number of aliphatic hydroxyl groups is 1. The predicted molar refractivity (Wildman–Crippen MR) is 72.7 cm³/mol. The van der Waals surface area contributed by atoms with E-state index in [1.807, 2.05) is 38.1 Å². The predicted octanol–water partition coefficient (Wildman–Crippen LogP) is 3.04. The minimum atomic E-state index is 0.195. The number of anilines is 1. The number of rotatable bonds is 5. The Hall–Kier alpha value is -1.74. The first kappa shape index (κ1) is 12.7. The largest absolute Gasteiger partial charge is 0.466 e. The molecule has 0 bridgehead atoms. The van der Waals surface area contributed by atoms with E-state index in [0.29, 0.717) is 6.42 Å². The van der Waals surface area contributed by atoms with Crippen LogP contribution in [0.4, 0.5) is 5.69 Å². The van der Waals surface area contributed by atoms with E-state index < -0.39 is 0 Å². The highest BCUT2D eigenvalue weighted by Gasteiger charge is 2.03. The van der Waals surface area contributed by atoms with Crippen molar-refractivity contribution in [1.82, 2.24) is 0 Å². The molecular weight excluding hydrogens is 226 g/mol. The molecule has 0 spiro atoms. The molecule has 0 saturated heterocycles. The zero-order valence-corrected chi connectivity index (χ0v) is 10.9. The van der Waals surface area contributed by atoms with Gasteiger partial charge in [0.25, 0.3) is 0 Å². The summed E-state index contributed by atoms with van der Waals surface area (Å²) in [7, 11) is 0. The minimum absolute atomic E-state index is 0.195. The van der Waals surface area contributed by atoms with Crippen molar-refractivity contribution in [3.8, 4) is 0 Å². The van der Waals surface area contributed by atoms with Crippen LogP contribution in [0.1, 0.15) is 22.6 Å². The fourth-order valence-electron chi connectivity index (χ4n) is 1.97. The molecule has 2 aromatic rings. The maximum atomic E-state index is 8.85. The van der Waals surface area contributed by atoms with Crippen LogP contribution in [0.5, 0.6) is 0 Å².